The Balaban J connectivity index is 0.00000144. The molecule has 0 aliphatic carbocycles. The van der Waals surface area contributed by atoms with Gasteiger partial charge in [0.15, 0.2) is 0 Å². The zero-order valence-corrected chi connectivity index (χ0v) is 10.2. The van der Waals surface area contributed by atoms with Crippen LogP contribution in [0, 0.1) is 0 Å². The normalized spacial score (nSPS) is 11.4. The topological polar surface area (TPSA) is 35.2 Å². The van der Waals surface area contributed by atoms with E-state index in [0.717, 1.165) is 11.3 Å². The summed E-state index contributed by atoms with van der Waals surface area (Å²) in [6.07, 6.45) is -0.0800. The van der Waals surface area contributed by atoms with Crippen LogP contribution in [0.4, 0.5) is 0 Å². The van der Waals surface area contributed by atoms with Crippen molar-refractivity contribution >= 4 is 0 Å². The summed E-state index contributed by atoms with van der Waals surface area (Å²) in [5.74, 6) is 0.849. The number of hydrogen-bond acceptors (Lipinski definition) is 2. The number of hydrogen-bond donors (Lipinski definition) is 1. The Hall–Kier alpha value is -1.51. The fourth-order valence-corrected chi connectivity index (χ4v) is 1.58. The molecule has 0 saturated heterocycles. The average Bonchev–Trinajstić information content (AvgIpc) is 2.38. The van der Waals surface area contributed by atoms with E-state index in [4.69, 9.17) is 10.5 Å². The van der Waals surface area contributed by atoms with Crippen LogP contribution in [0.25, 0.3) is 0 Å². The Morgan fingerprint density at radius 1 is 0.882 bits per heavy atom. The number of nitrogens with two attached hydrogens (primary N) is 1. The quantitative estimate of drug-likeness (QED) is 0.811. The zero-order valence-electron chi connectivity index (χ0n) is 9.42. The van der Waals surface area contributed by atoms with Crippen LogP contribution in [0.5, 0.6) is 5.75 Å². The van der Waals surface area contributed by atoms with E-state index >= 15 is 0 Å². The molecular formula is C14H15ClNO-. The van der Waals surface area contributed by atoms with E-state index in [2.05, 4.69) is 0 Å². The molecule has 90 valence electrons. The first-order chi connectivity index (χ1) is 7.90. The molecule has 17 heavy (non-hydrogen) atoms. The second-order valence-electron chi connectivity index (χ2n) is 3.57. The summed E-state index contributed by atoms with van der Waals surface area (Å²) in [6, 6.07) is 19.8. The molecule has 0 saturated carbocycles. The van der Waals surface area contributed by atoms with Crippen LogP contribution in [0.15, 0.2) is 60.7 Å². The summed E-state index contributed by atoms with van der Waals surface area (Å²) in [5, 5.41) is 0. The van der Waals surface area contributed by atoms with E-state index in [1.165, 1.54) is 0 Å². The maximum absolute atomic E-state index is 5.82. The monoisotopic (exact) mass is 248 g/mol. The first-order valence-electron chi connectivity index (χ1n) is 5.37. The lowest BCUT2D eigenvalue weighted by molar-refractivity contribution is -0.00000391. The standard InChI is InChI=1S/C14H15NO.ClH/c15-11-14(12-7-3-1-4-8-12)16-13-9-5-2-6-10-13;/h1-10,14H,11,15H2;1H/p-1. The highest BCUT2D eigenvalue weighted by Gasteiger charge is 2.10. The number of rotatable bonds is 4. The molecule has 2 aromatic rings. The Morgan fingerprint density at radius 2 is 1.41 bits per heavy atom. The lowest BCUT2D eigenvalue weighted by Crippen LogP contribution is -3.00. The van der Waals surface area contributed by atoms with Gasteiger partial charge in [0, 0.05) is 6.54 Å². The van der Waals surface area contributed by atoms with E-state index in [0.29, 0.717) is 6.54 Å². The van der Waals surface area contributed by atoms with Gasteiger partial charge in [-0.1, -0.05) is 48.5 Å². The van der Waals surface area contributed by atoms with Crippen LogP contribution in [0.1, 0.15) is 11.7 Å². The second-order valence-corrected chi connectivity index (χ2v) is 3.57. The lowest BCUT2D eigenvalue weighted by Gasteiger charge is -2.17. The van der Waals surface area contributed by atoms with Crippen LogP contribution >= 0.6 is 0 Å². The van der Waals surface area contributed by atoms with Crippen LogP contribution in [-0.2, 0) is 0 Å². The number of para-hydroxylation sites is 1. The van der Waals surface area contributed by atoms with Crippen LogP contribution in [0.3, 0.4) is 0 Å². The molecule has 1 unspecified atom stereocenters. The molecular weight excluding hydrogens is 234 g/mol. The lowest BCUT2D eigenvalue weighted by atomic mass is 10.1. The molecule has 2 rings (SSSR count). The third-order valence-corrected chi connectivity index (χ3v) is 2.41. The number of benzene rings is 2. The predicted octanol–water partition coefficient (Wildman–Crippen LogP) is -0.231. The van der Waals surface area contributed by atoms with Crippen molar-refractivity contribution < 1.29 is 17.1 Å². The van der Waals surface area contributed by atoms with E-state index < -0.39 is 0 Å². The van der Waals surface area contributed by atoms with Crippen molar-refractivity contribution in [2.24, 2.45) is 5.73 Å². The molecule has 0 amide bonds. The number of halogens is 1. The van der Waals surface area contributed by atoms with Crippen molar-refractivity contribution in [1.29, 1.82) is 0 Å². The van der Waals surface area contributed by atoms with E-state index in [1.807, 2.05) is 60.7 Å². The van der Waals surface area contributed by atoms with Gasteiger partial charge >= 0.3 is 0 Å². The summed E-state index contributed by atoms with van der Waals surface area (Å²) in [4.78, 5) is 0. The maximum atomic E-state index is 5.82. The fraction of sp³-hybridized carbons (Fsp3) is 0.143. The Morgan fingerprint density at radius 3 is 1.94 bits per heavy atom. The van der Waals surface area contributed by atoms with Gasteiger partial charge in [-0.3, -0.25) is 0 Å². The van der Waals surface area contributed by atoms with Gasteiger partial charge in [0.2, 0.25) is 0 Å². The minimum Gasteiger partial charge on any atom is -1.00 e. The van der Waals surface area contributed by atoms with Gasteiger partial charge in [0.1, 0.15) is 11.9 Å². The van der Waals surface area contributed by atoms with Crippen LogP contribution < -0.4 is 22.9 Å². The van der Waals surface area contributed by atoms with Gasteiger partial charge in [-0.15, -0.1) is 0 Å². The molecule has 0 aliphatic rings. The molecule has 2 nitrogen and oxygen atoms in total. The first-order valence-corrected chi connectivity index (χ1v) is 5.37. The van der Waals surface area contributed by atoms with E-state index in [9.17, 15) is 0 Å². The van der Waals surface area contributed by atoms with E-state index in [-0.39, 0.29) is 18.5 Å². The molecule has 0 spiro atoms. The minimum atomic E-state index is -0.0800. The summed E-state index contributed by atoms with van der Waals surface area (Å²) >= 11 is 0. The Kier molecular flexibility index (Phi) is 5.53. The molecule has 2 aromatic carbocycles. The van der Waals surface area contributed by atoms with Crippen LogP contribution in [0.2, 0.25) is 0 Å². The third-order valence-electron chi connectivity index (χ3n) is 2.41. The molecule has 0 aromatic heterocycles. The zero-order chi connectivity index (χ0) is 11.2. The Bertz CT molecular complexity index is 419. The summed E-state index contributed by atoms with van der Waals surface area (Å²) in [7, 11) is 0. The van der Waals surface area contributed by atoms with Crippen molar-refractivity contribution in [1.82, 2.24) is 0 Å². The van der Waals surface area contributed by atoms with Gasteiger partial charge in [0.05, 0.1) is 0 Å². The Labute approximate surface area is 108 Å². The van der Waals surface area contributed by atoms with Crippen molar-refractivity contribution in [2.75, 3.05) is 6.54 Å². The molecule has 0 radical (unpaired) electrons. The highest BCUT2D eigenvalue weighted by molar-refractivity contribution is 5.24. The van der Waals surface area contributed by atoms with Gasteiger partial charge in [-0.2, -0.15) is 0 Å². The molecule has 0 heterocycles. The summed E-state index contributed by atoms with van der Waals surface area (Å²) < 4.78 is 5.82. The highest BCUT2D eigenvalue weighted by atomic mass is 35.5. The SMILES string of the molecule is NCC(Oc1ccccc1)c1ccccc1.[Cl-]. The van der Waals surface area contributed by atoms with Crippen molar-refractivity contribution in [3.8, 4) is 5.75 Å². The molecule has 0 bridgehead atoms. The second kappa shape index (κ2) is 6.94. The van der Waals surface area contributed by atoms with Gasteiger partial charge in [0.25, 0.3) is 0 Å². The third kappa shape index (κ3) is 3.77. The fourth-order valence-electron chi connectivity index (χ4n) is 1.58. The largest absolute Gasteiger partial charge is 1.00 e. The molecule has 0 aliphatic heterocycles. The van der Waals surface area contributed by atoms with Crippen molar-refractivity contribution in [3.05, 3.63) is 66.2 Å². The molecule has 1 atom stereocenters. The average molecular weight is 249 g/mol. The first kappa shape index (κ1) is 13.6. The van der Waals surface area contributed by atoms with Gasteiger partial charge in [-0.05, 0) is 17.7 Å². The maximum Gasteiger partial charge on any atom is 0.136 e. The smallest absolute Gasteiger partial charge is 0.136 e. The highest BCUT2D eigenvalue weighted by Crippen LogP contribution is 2.20. The minimum absolute atomic E-state index is 0. The van der Waals surface area contributed by atoms with Gasteiger partial charge in [-0.25, -0.2) is 0 Å². The molecule has 3 heteroatoms. The van der Waals surface area contributed by atoms with Crippen molar-refractivity contribution in [2.45, 2.75) is 6.10 Å². The molecule has 2 N–H and O–H groups in total. The van der Waals surface area contributed by atoms with Gasteiger partial charge < -0.3 is 22.9 Å². The number of ether oxygens (including phenoxy) is 1. The molecule has 0 fully saturated rings. The predicted molar refractivity (Wildman–Crippen MR) is 65.3 cm³/mol. The van der Waals surface area contributed by atoms with Crippen molar-refractivity contribution in [3.63, 3.8) is 0 Å². The van der Waals surface area contributed by atoms with E-state index in [1.54, 1.807) is 0 Å². The van der Waals surface area contributed by atoms with Crippen LogP contribution in [-0.4, -0.2) is 6.54 Å². The summed E-state index contributed by atoms with van der Waals surface area (Å²) in [6.45, 7) is 0.471. The summed E-state index contributed by atoms with van der Waals surface area (Å²) in [5.41, 5.74) is 6.83.